The number of carbonyl (C=O) groups is 1. The maximum atomic E-state index is 12.5. The minimum atomic E-state index is -4.37. The molecule has 0 aliphatic rings. The van der Waals surface area contributed by atoms with Crippen LogP contribution in [0.1, 0.15) is 27.7 Å². The van der Waals surface area contributed by atoms with Gasteiger partial charge in [-0.15, -0.1) is 0 Å². The van der Waals surface area contributed by atoms with Crippen LogP contribution in [0.5, 0.6) is 0 Å². The van der Waals surface area contributed by atoms with Crippen LogP contribution < -0.4 is 5.73 Å². The van der Waals surface area contributed by atoms with Gasteiger partial charge in [0.15, 0.2) is 0 Å². The molecule has 0 aliphatic carbocycles. The highest BCUT2D eigenvalue weighted by Crippen LogP contribution is 2.21. The first-order valence-electron chi connectivity index (χ1n) is 6.14. The molecule has 108 valence electrons. The van der Waals surface area contributed by atoms with Crippen LogP contribution in [0.2, 0.25) is 0 Å². The van der Waals surface area contributed by atoms with Crippen molar-refractivity contribution in [2.75, 3.05) is 19.6 Å². The molecule has 1 amide bonds. The molecule has 3 nitrogen and oxygen atoms in total. The van der Waals surface area contributed by atoms with Crippen molar-refractivity contribution in [2.45, 2.75) is 33.9 Å². The highest BCUT2D eigenvalue weighted by atomic mass is 19.4. The molecule has 2 N–H and O–H groups in total. The molecule has 0 aromatic rings. The second-order valence-electron chi connectivity index (χ2n) is 5.31. The van der Waals surface area contributed by atoms with Crippen LogP contribution in [0, 0.1) is 17.8 Å². The van der Waals surface area contributed by atoms with E-state index in [-0.39, 0.29) is 24.9 Å². The molecule has 0 rings (SSSR count). The number of halogens is 3. The summed E-state index contributed by atoms with van der Waals surface area (Å²) in [6, 6.07) is 0. The average Bonchev–Trinajstić information content (AvgIpc) is 2.13. The fourth-order valence-corrected chi connectivity index (χ4v) is 1.78. The second kappa shape index (κ2) is 6.97. The van der Waals surface area contributed by atoms with Gasteiger partial charge in [0.1, 0.15) is 6.54 Å². The van der Waals surface area contributed by atoms with E-state index in [1.54, 1.807) is 27.7 Å². The van der Waals surface area contributed by atoms with E-state index in [1.807, 2.05) is 0 Å². The van der Waals surface area contributed by atoms with Gasteiger partial charge in [-0.1, -0.05) is 27.7 Å². The van der Waals surface area contributed by atoms with Gasteiger partial charge in [-0.3, -0.25) is 4.79 Å². The zero-order chi connectivity index (χ0) is 14.5. The minimum absolute atomic E-state index is 0.0121. The van der Waals surface area contributed by atoms with Gasteiger partial charge in [-0.25, -0.2) is 0 Å². The molecule has 0 fully saturated rings. The molecule has 0 aromatic carbocycles. The molecule has 0 heterocycles. The molecule has 0 bridgehead atoms. The van der Waals surface area contributed by atoms with E-state index >= 15 is 0 Å². The molecule has 0 radical (unpaired) electrons. The van der Waals surface area contributed by atoms with Crippen molar-refractivity contribution < 1.29 is 18.0 Å². The van der Waals surface area contributed by atoms with Crippen LogP contribution in [-0.4, -0.2) is 36.6 Å². The third-order valence-corrected chi connectivity index (χ3v) is 2.64. The Bertz CT molecular complexity index is 265. The number of hydrogen-bond acceptors (Lipinski definition) is 2. The smallest absolute Gasteiger partial charge is 0.333 e. The normalized spacial score (nSPS) is 14.1. The molecule has 0 saturated heterocycles. The zero-order valence-electron chi connectivity index (χ0n) is 11.4. The summed E-state index contributed by atoms with van der Waals surface area (Å²) in [6.07, 6.45) is -4.37. The van der Waals surface area contributed by atoms with Crippen molar-refractivity contribution in [3.8, 4) is 0 Å². The van der Waals surface area contributed by atoms with E-state index in [0.29, 0.717) is 0 Å². The van der Waals surface area contributed by atoms with Crippen LogP contribution in [0.3, 0.4) is 0 Å². The summed E-state index contributed by atoms with van der Waals surface area (Å²) in [5.41, 5.74) is 5.48. The van der Waals surface area contributed by atoms with E-state index in [2.05, 4.69) is 0 Å². The van der Waals surface area contributed by atoms with Crippen LogP contribution in [-0.2, 0) is 4.79 Å². The van der Waals surface area contributed by atoms with E-state index in [9.17, 15) is 18.0 Å². The molecule has 0 spiro atoms. The van der Waals surface area contributed by atoms with Gasteiger partial charge in [-0.05, 0) is 11.8 Å². The Hall–Kier alpha value is -0.780. The molecular weight excluding hydrogens is 245 g/mol. The lowest BCUT2D eigenvalue weighted by Gasteiger charge is -2.30. The van der Waals surface area contributed by atoms with E-state index in [4.69, 9.17) is 5.73 Å². The summed E-state index contributed by atoms with van der Waals surface area (Å²) in [7, 11) is 0. The Morgan fingerprint density at radius 3 is 2.00 bits per heavy atom. The highest BCUT2D eigenvalue weighted by Gasteiger charge is 2.35. The van der Waals surface area contributed by atoms with Crippen LogP contribution in [0.15, 0.2) is 0 Å². The summed E-state index contributed by atoms with van der Waals surface area (Å²) < 4.78 is 37.4. The number of carbonyl (C=O) groups excluding carboxylic acids is 1. The monoisotopic (exact) mass is 268 g/mol. The fourth-order valence-electron chi connectivity index (χ4n) is 1.78. The summed E-state index contributed by atoms with van der Waals surface area (Å²) in [5.74, 6) is -1.13. The second-order valence-corrected chi connectivity index (χ2v) is 5.31. The van der Waals surface area contributed by atoms with E-state index in [1.165, 1.54) is 0 Å². The van der Waals surface area contributed by atoms with Gasteiger partial charge < -0.3 is 10.6 Å². The van der Waals surface area contributed by atoms with Crippen molar-refractivity contribution in [1.29, 1.82) is 0 Å². The van der Waals surface area contributed by atoms with Crippen molar-refractivity contribution in [1.82, 2.24) is 4.90 Å². The summed E-state index contributed by atoms with van der Waals surface area (Å²) >= 11 is 0. The maximum Gasteiger partial charge on any atom is 0.406 e. The van der Waals surface area contributed by atoms with Crippen molar-refractivity contribution >= 4 is 5.91 Å². The van der Waals surface area contributed by atoms with Crippen molar-refractivity contribution in [3.05, 3.63) is 0 Å². The Morgan fingerprint density at radius 1 is 1.22 bits per heavy atom. The summed E-state index contributed by atoms with van der Waals surface area (Å²) in [5, 5.41) is 0. The molecule has 6 heteroatoms. The molecule has 0 aromatic heterocycles. The SMILES string of the molecule is CC(C)CN(CC(F)(F)F)C(=O)C(CN)C(C)C. The van der Waals surface area contributed by atoms with E-state index < -0.39 is 24.5 Å². The number of nitrogens with two attached hydrogens (primary N) is 1. The first-order chi connectivity index (χ1) is 8.08. The van der Waals surface area contributed by atoms with Gasteiger partial charge in [-0.2, -0.15) is 13.2 Å². The zero-order valence-corrected chi connectivity index (χ0v) is 11.4. The lowest BCUT2D eigenvalue weighted by Crippen LogP contribution is -2.46. The molecule has 1 unspecified atom stereocenters. The minimum Gasteiger partial charge on any atom is -0.333 e. The largest absolute Gasteiger partial charge is 0.406 e. The predicted octanol–water partition coefficient (Wildman–Crippen LogP) is 2.26. The molecule has 0 saturated carbocycles. The standard InChI is InChI=1S/C12H23F3N2O/c1-8(2)6-17(7-12(13,14)15)11(18)10(5-16)9(3)4/h8-10H,5-7,16H2,1-4H3. The van der Waals surface area contributed by atoms with Gasteiger partial charge in [0.05, 0.1) is 5.92 Å². The van der Waals surface area contributed by atoms with Gasteiger partial charge >= 0.3 is 6.18 Å². The van der Waals surface area contributed by atoms with Crippen molar-refractivity contribution in [3.63, 3.8) is 0 Å². The number of rotatable bonds is 6. The van der Waals surface area contributed by atoms with E-state index in [0.717, 1.165) is 4.90 Å². The Balaban J connectivity index is 4.88. The number of alkyl halides is 3. The van der Waals surface area contributed by atoms with Gasteiger partial charge in [0.25, 0.3) is 0 Å². The Kier molecular flexibility index (Phi) is 6.67. The molecule has 18 heavy (non-hydrogen) atoms. The number of amides is 1. The van der Waals surface area contributed by atoms with Crippen LogP contribution in [0.25, 0.3) is 0 Å². The Morgan fingerprint density at radius 2 is 1.72 bits per heavy atom. The quantitative estimate of drug-likeness (QED) is 0.803. The third kappa shape index (κ3) is 6.23. The molecule has 1 atom stereocenters. The average molecular weight is 268 g/mol. The van der Waals surface area contributed by atoms with Crippen LogP contribution >= 0.6 is 0 Å². The molecular formula is C12H23F3N2O. The predicted molar refractivity (Wildman–Crippen MR) is 64.9 cm³/mol. The van der Waals surface area contributed by atoms with Gasteiger partial charge in [0, 0.05) is 13.1 Å². The number of hydrogen-bond donors (Lipinski definition) is 1. The summed E-state index contributed by atoms with van der Waals surface area (Å²) in [6.45, 7) is 6.11. The van der Waals surface area contributed by atoms with Crippen LogP contribution in [0.4, 0.5) is 13.2 Å². The summed E-state index contributed by atoms with van der Waals surface area (Å²) in [4.78, 5) is 13.0. The topological polar surface area (TPSA) is 46.3 Å². The molecule has 0 aliphatic heterocycles. The number of nitrogens with zero attached hydrogens (tertiary/aromatic N) is 1. The van der Waals surface area contributed by atoms with Gasteiger partial charge in [0.2, 0.25) is 5.91 Å². The Labute approximate surface area is 107 Å². The lowest BCUT2D eigenvalue weighted by atomic mass is 9.94. The highest BCUT2D eigenvalue weighted by molar-refractivity contribution is 5.79. The lowest BCUT2D eigenvalue weighted by molar-refractivity contribution is -0.165. The van der Waals surface area contributed by atoms with Crippen molar-refractivity contribution in [2.24, 2.45) is 23.5 Å². The third-order valence-electron chi connectivity index (χ3n) is 2.64. The maximum absolute atomic E-state index is 12.5. The fraction of sp³-hybridized carbons (Fsp3) is 0.917. The first kappa shape index (κ1) is 17.2. The first-order valence-corrected chi connectivity index (χ1v) is 6.14.